The van der Waals surface area contributed by atoms with Crippen molar-refractivity contribution in [3.63, 3.8) is 0 Å². The molecule has 5 nitrogen and oxygen atoms in total. The maximum Gasteiger partial charge on any atom is 0.416 e. The number of nitrogens with one attached hydrogen (secondary N) is 1. The molecular formula is C23H14ClF6N3O2S. The zero-order valence-corrected chi connectivity index (χ0v) is 19.4. The lowest BCUT2D eigenvalue weighted by molar-refractivity contribution is -0.138. The molecule has 4 rings (SSSR count). The fraction of sp³-hybridized carbons (Fsp3) is 0.174. The minimum atomic E-state index is -4.55. The van der Waals surface area contributed by atoms with Gasteiger partial charge in [0.2, 0.25) is 5.91 Å². The monoisotopic (exact) mass is 545 g/mol. The van der Waals surface area contributed by atoms with Crippen molar-refractivity contribution < 1.29 is 35.6 Å². The van der Waals surface area contributed by atoms with E-state index in [-0.39, 0.29) is 33.7 Å². The molecule has 2 heterocycles. The van der Waals surface area contributed by atoms with Gasteiger partial charge in [-0.1, -0.05) is 41.6 Å². The molecule has 1 saturated heterocycles. The van der Waals surface area contributed by atoms with Crippen LogP contribution in [0.2, 0.25) is 5.02 Å². The first-order chi connectivity index (χ1) is 16.9. The third-order valence-corrected chi connectivity index (χ3v) is 6.37. The molecule has 0 spiro atoms. The first kappa shape index (κ1) is 25.8. The zero-order valence-electron chi connectivity index (χ0n) is 17.8. The van der Waals surface area contributed by atoms with Gasteiger partial charge in [-0.25, -0.2) is 0 Å². The number of halogens is 7. The minimum Gasteiger partial charge on any atom is -0.455 e. The van der Waals surface area contributed by atoms with E-state index < -0.39 is 34.6 Å². The summed E-state index contributed by atoms with van der Waals surface area (Å²) in [4.78, 5) is 12.2. The standard InChI is InChI=1S/C23H14ClF6N3O2S/c24-17-6-4-14(23(28,29)30)10-16(17)18-7-5-15(35-18)11-31-33-21-32-20(34)19(36-21)9-12-2-1-3-13(8-12)22(25,26)27/h1-8,10-11,19H,9H2,(H,32,33,34)/b31-11+. The summed E-state index contributed by atoms with van der Waals surface area (Å²) < 4.78 is 83.2. The van der Waals surface area contributed by atoms with E-state index in [0.29, 0.717) is 5.56 Å². The number of nitrogens with zero attached hydrogens (tertiary/aromatic N) is 2. The third kappa shape index (κ3) is 6.11. The molecule has 3 aromatic rings. The molecule has 2 aromatic carbocycles. The van der Waals surface area contributed by atoms with Gasteiger partial charge in [0.05, 0.1) is 27.6 Å². The lowest BCUT2D eigenvalue weighted by Gasteiger charge is -2.10. The SMILES string of the molecule is O=C1N/C(=N\N=C\c2ccc(-c3cc(C(F)(F)F)ccc3Cl)o2)SC1Cc1cccc(C(F)(F)F)c1. The second-order valence-electron chi connectivity index (χ2n) is 7.54. The quantitative estimate of drug-likeness (QED) is 0.218. The number of amides is 1. The molecule has 1 aliphatic heterocycles. The summed E-state index contributed by atoms with van der Waals surface area (Å²) in [5.41, 5.74) is -1.29. The van der Waals surface area contributed by atoms with Crippen molar-refractivity contribution in [3.05, 3.63) is 82.1 Å². The van der Waals surface area contributed by atoms with Gasteiger partial charge in [-0.2, -0.15) is 31.4 Å². The van der Waals surface area contributed by atoms with Crippen LogP contribution in [0.15, 0.2) is 69.2 Å². The number of carbonyl (C=O) groups is 1. The molecule has 188 valence electrons. The number of rotatable bonds is 5. The minimum absolute atomic E-state index is 0.0495. The van der Waals surface area contributed by atoms with Crippen LogP contribution < -0.4 is 5.32 Å². The molecule has 1 aromatic heterocycles. The molecule has 1 unspecified atom stereocenters. The van der Waals surface area contributed by atoms with Crippen molar-refractivity contribution in [1.82, 2.24) is 5.32 Å². The van der Waals surface area contributed by atoms with Gasteiger partial charge in [-0.15, -0.1) is 5.10 Å². The number of benzene rings is 2. The molecule has 0 radical (unpaired) electrons. The summed E-state index contributed by atoms with van der Waals surface area (Å²) in [5.74, 6) is -0.173. The highest BCUT2D eigenvalue weighted by Crippen LogP contribution is 2.36. The van der Waals surface area contributed by atoms with Gasteiger partial charge in [-0.05, 0) is 48.4 Å². The Morgan fingerprint density at radius 2 is 1.72 bits per heavy atom. The van der Waals surface area contributed by atoms with Crippen LogP contribution in [0.25, 0.3) is 11.3 Å². The van der Waals surface area contributed by atoms with E-state index in [0.717, 1.165) is 42.1 Å². The Bertz CT molecular complexity index is 1350. The smallest absolute Gasteiger partial charge is 0.416 e. The number of carbonyl (C=O) groups excluding carboxylic acids is 1. The predicted octanol–water partition coefficient (Wildman–Crippen LogP) is 6.80. The lowest BCUT2D eigenvalue weighted by Crippen LogP contribution is -2.26. The number of hydrogen-bond acceptors (Lipinski definition) is 5. The van der Waals surface area contributed by atoms with E-state index in [1.165, 1.54) is 30.5 Å². The van der Waals surface area contributed by atoms with Crippen LogP contribution in [0.1, 0.15) is 22.5 Å². The van der Waals surface area contributed by atoms with Crippen LogP contribution in [-0.4, -0.2) is 22.5 Å². The summed E-state index contributed by atoms with van der Waals surface area (Å²) >= 11 is 7.02. The maximum atomic E-state index is 13.0. The van der Waals surface area contributed by atoms with Crippen molar-refractivity contribution >= 4 is 40.7 Å². The van der Waals surface area contributed by atoms with E-state index in [9.17, 15) is 31.1 Å². The second kappa shape index (κ2) is 10.0. The fourth-order valence-corrected chi connectivity index (χ4v) is 4.45. The Morgan fingerprint density at radius 3 is 2.44 bits per heavy atom. The first-order valence-corrected chi connectivity index (χ1v) is 11.4. The molecule has 1 fully saturated rings. The molecule has 13 heteroatoms. The van der Waals surface area contributed by atoms with Gasteiger partial charge < -0.3 is 9.73 Å². The summed E-state index contributed by atoms with van der Waals surface area (Å²) in [6.07, 6.45) is -7.79. The number of thioether (sulfide) groups is 1. The van der Waals surface area contributed by atoms with Crippen molar-refractivity contribution in [3.8, 4) is 11.3 Å². The fourth-order valence-electron chi connectivity index (χ4n) is 3.27. The number of furan rings is 1. The van der Waals surface area contributed by atoms with E-state index >= 15 is 0 Å². The van der Waals surface area contributed by atoms with E-state index in [4.69, 9.17) is 16.0 Å². The summed E-state index contributed by atoms with van der Waals surface area (Å²) in [6.45, 7) is 0. The Balaban J connectivity index is 1.42. The van der Waals surface area contributed by atoms with Crippen molar-refractivity contribution in [2.75, 3.05) is 0 Å². The normalized spacial score (nSPS) is 17.8. The van der Waals surface area contributed by atoms with Gasteiger partial charge in [0.1, 0.15) is 11.5 Å². The van der Waals surface area contributed by atoms with Crippen LogP contribution in [0.5, 0.6) is 0 Å². The van der Waals surface area contributed by atoms with Crippen molar-refractivity contribution in [1.29, 1.82) is 0 Å². The maximum absolute atomic E-state index is 13.0. The summed E-state index contributed by atoms with van der Waals surface area (Å²) in [7, 11) is 0. The molecule has 1 N–H and O–H groups in total. The van der Waals surface area contributed by atoms with Crippen LogP contribution >= 0.6 is 23.4 Å². The molecule has 0 bridgehead atoms. The molecule has 1 aliphatic rings. The highest BCUT2D eigenvalue weighted by atomic mass is 35.5. The second-order valence-corrected chi connectivity index (χ2v) is 9.14. The topological polar surface area (TPSA) is 67.0 Å². The zero-order chi connectivity index (χ0) is 26.1. The van der Waals surface area contributed by atoms with Gasteiger partial charge in [0.25, 0.3) is 0 Å². The Kier molecular flexibility index (Phi) is 7.19. The molecule has 36 heavy (non-hydrogen) atoms. The highest BCUT2D eigenvalue weighted by molar-refractivity contribution is 8.15. The van der Waals surface area contributed by atoms with E-state index in [2.05, 4.69) is 15.5 Å². The number of amidine groups is 1. The van der Waals surface area contributed by atoms with Crippen LogP contribution in [-0.2, 0) is 23.6 Å². The van der Waals surface area contributed by atoms with Crippen LogP contribution in [0.4, 0.5) is 26.3 Å². The largest absolute Gasteiger partial charge is 0.455 e. The van der Waals surface area contributed by atoms with Crippen LogP contribution in [0.3, 0.4) is 0 Å². The summed E-state index contributed by atoms with van der Waals surface area (Å²) in [5, 5.41) is 9.68. The lowest BCUT2D eigenvalue weighted by atomic mass is 10.1. The van der Waals surface area contributed by atoms with Gasteiger partial charge in [-0.3, -0.25) is 4.79 Å². The van der Waals surface area contributed by atoms with E-state index in [1.54, 1.807) is 0 Å². The van der Waals surface area contributed by atoms with E-state index in [1.807, 2.05) is 0 Å². The van der Waals surface area contributed by atoms with Gasteiger partial charge in [0, 0.05) is 5.56 Å². The van der Waals surface area contributed by atoms with Gasteiger partial charge in [0.15, 0.2) is 5.17 Å². The van der Waals surface area contributed by atoms with Gasteiger partial charge >= 0.3 is 12.4 Å². The first-order valence-electron chi connectivity index (χ1n) is 10.1. The van der Waals surface area contributed by atoms with Crippen molar-refractivity contribution in [2.45, 2.75) is 24.0 Å². The average Bonchev–Trinajstić information content (AvgIpc) is 3.39. The average molecular weight is 546 g/mol. The van der Waals surface area contributed by atoms with Crippen molar-refractivity contribution in [2.24, 2.45) is 10.2 Å². The van der Waals surface area contributed by atoms with Crippen LogP contribution in [0, 0.1) is 0 Å². The number of alkyl halides is 6. The molecule has 0 aliphatic carbocycles. The highest BCUT2D eigenvalue weighted by Gasteiger charge is 2.33. The molecule has 0 saturated carbocycles. The molecule has 1 atom stereocenters. The number of hydrogen-bond donors (Lipinski definition) is 1. The Labute approximate surface area is 209 Å². The molecule has 1 amide bonds. The Morgan fingerprint density at radius 1 is 1.00 bits per heavy atom. The molecular weight excluding hydrogens is 532 g/mol. The predicted molar refractivity (Wildman–Crippen MR) is 124 cm³/mol. The summed E-state index contributed by atoms with van der Waals surface area (Å²) in [6, 6.07) is 10.5. The Hall–Kier alpha value is -3.25. The third-order valence-electron chi connectivity index (χ3n) is 4.97.